The van der Waals surface area contributed by atoms with Gasteiger partial charge in [0.2, 0.25) is 5.91 Å². The van der Waals surface area contributed by atoms with Gasteiger partial charge in [0, 0.05) is 32.0 Å². The number of amides is 1. The molecule has 1 saturated heterocycles. The highest BCUT2D eigenvalue weighted by molar-refractivity contribution is 7.18. The van der Waals surface area contributed by atoms with Crippen LogP contribution in [0.15, 0.2) is 24.3 Å². The second-order valence-electron chi connectivity index (χ2n) is 6.07. The monoisotopic (exact) mass is 334 g/mol. The minimum Gasteiger partial charge on any atom is -0.396 e. The van der Waals surface area contributed by atoms with Crippen LogP contribution in [0.3, 0.4) is 0 Å². The first kappa shape index (κ1) is 16.4. The number of aromatic nitrogens is 1. The number of para-hydroxylation sites is 1. The molecule has 2 atom stereocenters. The number of fused-ring (bicyclic) bond motifs is 1. The fourth-order valence-corrected chi connectivity index (χ4v) is 4.00. The Morgan fingerprint density at radius 2 is 2.22 bits per heavy atom. The summed E-state index contributed by atoms with van der Waals surface area (Å²) in [7, 11) is 0. The number of nitrogens with zero attached hydrogens (tertiary/aromatic N) is 2. The SMILES string of the molecule is O=C(CCCc1nc2ccccc2s1)N1CC[C@H](CO)[C@H](O)C1. The van der Waals surface area contributed by atoms with Crippen molar-refractivity contribution in [3.8, 4) is 0 Å². The molecule has 1 amide bonds. The summed E-state index contributed by atoms with van der Waals surface area (Å²) in [6.45, 7) is 0.953. The minimum atomic E-state index is -0.609. The second-order valence-corrected chi connectivity index (χ2v) is 7.18. The lowest BCUT2D eigenvalue weighted by atomic mass is 9.94. The quantitative estimate of drug-likeness (QED) is 0.875. The maximum atomic E-state index is 12.2. The number of thiazole rings is 1. The van der Waals surface area contributed by atoms with E-state index < -0.39 is 6.10 Å². The normalized spacial score (nSPS) is 21.7. The molecule has 6 heteroatoms. The second kappa shape index (κ2) is 7.38. The minimum absolute atomic E-state index is 0.0131. The van der Waals surface area contributed by atoms with Crippen molar-refractivity contribution in [3.05, 3.63) is 29.3 Å². The van der Waals surface area contributed by atoms with Crippen LogP contribution in [-0.2, 0) is 11.2 Å². The first-order chi connectivity index (χ1) is 11.2. The molecule has 1 fully saturated rings. The van der Waals surface area contributed by atoms with Gasteiger partial charge in [0.1, 0.15) is 0 Å². The lowest BCUT2D eigenvalue weighted by Crippen LogP contribution is -2.47. The highest BCUT2D eigenvalue weighted by Gasteiger charge is 2.29. The topological polar surface area (TPSA) is 73.7 Å². The molecule has 124 valence electrons. The van der Waals surface area contributed by atoms with Crippen molar-refractivity contribution in [1.29, 1.82) is 0 Å². The highest BCUT2D eigenvalue weighted by Crippen LogP contribution is 2.23. The van der Waals surface area contributed by atoms with E-state index in [1.165, 1.54) is 4.70 Å². The number of rotatable bonds is 5. The van der Waals surface area contributed by atoms with Gasteiger partial charge in [0.25, 0.3) is 0 Å². The van der Waals surface area contributed by atoms with Crippen molar-refractivity contribution < 1.29 is 15.0 Å². The van der Waals surface area contributed by atoms with Gasteiger partial charge < -0.3 is 15.1 Å². The van der Waals surface area contributed by atoms with Crippen LogP contribution in [0.4, 0.5) is 0 Å². The number of aliphatic hydroxyl groups is 2. The van der Waals surface area contributed by atoms with E-state index in [2.05, 4.69) is 11.1 Å². The average Bonchev–Trinajstić information content (AvgIpc) is 2.97. The number of aliphatic hydroxyl groups excluding tert-OH is 2. The number of hydrogen-bond acceptors (Lipinski definition) is 5. The van der Waals surface area contributed by atoms with E-state index in [1.807, 2.05) is 18.2 Å². The summed E-state index contributed by atoms with van der Waals surface area (Å²) >= 11 is 1.68. The molecule has 1 aromatic carbocycles. The molecule has 23 heavy (non-hydrogen) atoms. The van der Waals surface area contributed by atoms with Crippen LogP contribution in [0.25, 0.3) is 10.2 Å². The van der Waals surface area contributed by atoms with Crippen molar-refractivity contribution in [3.63, 3.8) is 0 Å². The summed E-state index contributed by atoms with van der Waals surface area (Å²) in [5.41, 5.74) is 1.02. The van der Waals surface area contributed by atoms with Crippen molar-refractivity contribution in [2.45, 2.75) is 31.8 Å². The zero-order valence-electron chi connectivity index (χ0n) is 13.0. The molecule has 0 bridgehead atoms. The van der Waals surface area contributed by atoms with E-state index in [4.69, 9.17) is 5.11 Å². The lowest BCUT2D eigenvalue weighted by Gasteiger charge is -2.35. The summed E-state index contributed by atoms with van der Waals surface area (Å²) in [5, 5.41) is 20.1. The van der Waals surface area contributed by atoms with Crippen LogP contribution in [0, 0.1) is 5.92 Å². The van der Waals surface area contributed by atoms with Crippen molar-refractivity contribution in [1.82, 2.24) is 9.88 Å². The third kappa shape index (κ3) is 3.88. The molecular formula is C17H22N2O3S. The first-order valence-corrected chi connectivity index (χ1v) is 8.90. The van der Waals surface area contributed by atoms with Gasteiger partial charge in [-0.25, -0.2) is 4.98 Å². The Kier molecular flexibility index (Phi) is 5.25. The van der Waals surface area contributed by atoms with Gasteiger partial charge in [-0.15, -0.1) is 11.3 Å². The number of aryl methyl sites for hydroxylation is 1. The number of hydrogen-bond donors (Lipinski definition) is 2. The predicted octanol–water partition coefficient (Wildman–Crippen LogP) is 1.82. The fraction of sp³-hybridized carbons (Fsp3) is 0.529. The molecule has 0 radical (unpaired) electrons. The van der Waals surface area contributed by atoms with Gasteiger partial charge in [-0.2, -0.15) is 0 Å². The van der Waals surface area contributed by atoms with E-state index in [0.29, 0.717) is 25.9 Å². The Balaban J connectivity index is 1.47. The molecule has 2 heterocycles. The van der Waals surface area contributed by atoms with Crippen LogP contribution < -0.4 is 0 Å². The molecule has 1 aliphatic heterocycles. The first-order valence-electron chi connectivity index (χ1n) is 8.08. The van der Waals surface area contributed by atoms with Gasteiger partial charge in [0.15, 0.2) is 0 Å². The van der Waals surface area contributed by atoms with Crippen LogP contribution >= 0.6 is 11.3 Å². The Hall–Kier alpha value is -1.50. The van der Waals surface area contributed by atoms with E-state index in [9.17, 15) is 9.90 Å². The Morgan fingerprint density at radius 1 is 1.39 bits per heavy atom. The van der Waals surface area contributed by atoms with Crippen molar-refractivity contribution in [2.24, 2.45) is 5.92 Å². The predicted molar refractivity (Wildman–Crippen MR) is 90.3 cm³/mol. The smallest absolute Gasteiger partial charge is 0.222 e. The average molecular weight is 334 g/mol. The molecule has 0 saturated carbocycles. The van der Waals surface area contributed by atoms with Gasteiger partial charge >= 0.3 is 0 Å². The third-order valence-corrected chi connectivity index (χ3v) is 5.52. The number of piperidine rings is 1. The number of likely N-dealkylation sites (tertiary alicyclic amines) is 1. The van der Waals surface area contributed by atoms with Crippen LogP contribution in [-0.4, -0.2) is 51.8 Å². The maximum absolute atomic E-state index is 12.2. The zero-order valence-corrected chi connectivity index (χ0v) is 13.8. The van der Waals surface area contributed by atoms with Crippen LogP contribution in [0.1, 0.15) is 24.3 Å². The highest BCUT2D eigenvalue weighted by atomic mass is 32.1. The molecule has 2 aromatic rings. The van der Waals surface area contributed by atoms with E-state index >= 15 is 0 Å². The summed E-state index contributed by atoms with van der Waals surface area (Å²) in [4.78, 5) is 18.5. The number of β-amino-alcohol motifs (C(OH)–C–C–N with tert-alkyl or cyclic N) is 1. The van der Waals surface area contributed by atoms with Gasteiger partial charge in [0.05, 0.1) is 21.3 Å². The van der Waals surface area contributed by atoms with Gasteiger partial charge in [-0.1, -0.05) is 12.1 Å². The Labute approximate surface area is 139 Å². The summed E-state index contributed by atoms with van der Waals surface area (Å²) < 4.78 is 1.18. The number of carbonyl (C=O) groups excluding carboxylic acids is 1. The third-order valence-electron chi connectivity index (χ3n) is 4.43. The van der Waals surface area contributed by atoms with E-state index in [0.717, 1.165) is 23.4 Å². The molecule has 0 spiro atoms. The Bertz CT molecular complexity index is 640. The summed E-state index contributed by atoms with van der Waals surface area (Å²) in [6.07, 6.45) is 2.12. The van der Waals surface area contributed by atoms with Crippen molar-refractivity contribution in [2.75, 3.05) is 19.7 Å². The van der Waals surface area contributed by atoms with Crippen LogP contribution in [0.2, 0.25) is 0 Å². The zero-order chi connectivity index (χ0) is 16.2. The molecule has 5 nitrogen and oxygen atoms in total. The summed E-state index contributed by atoms with van der Waals surface area (Å²) in [5.74, 6) is -0.0108. The molecule has 0 unspecified atom stereocenters. The standard InChI is InChI=1S/C17H22N2O3S/c20-11-12-8-9-19(10-14(12)21)17(22)7-3-6-16-18-13-4-1-2-5-15(13)23-16/h1-2,4-5,12,14,20-21H,3,6-11H2/t12-,14-/m1/s1. The molecule has 0 aliphatic carbocycles. The molecule has 1 aliphatic rings. The van der Waals surface area contributed by atoms with Gasteiger partial charge in [-0.3, -0.25) is 4.79 Å². The maximum Gasteiger partial charge on any atom is 0.222 e. The van der Waals surface area contributed by atoms with Gasteiger partial charge in [-0.05, 0) is 31.4 Å². The fourth-order valence-electron chi connectivity index (χ4n) is 3.00. The molecular weight excluding hydrogens is 312 g/mol. The number of benzene rings is 1. The largest absolute Gasteiger partial charge is 0.396 e. The van der Waals surface area contributed by atoms with Crippen LogP contribution in [0.5, 0.6) is 0 Å². The lowest BCUT2D eigenvalue weighted by molar-refractivity contribution is -0.136. The molecule has 2 N–H and O–H groups in total. The molecule has 3 rings (SSSR count). The molecule has 1 aromatic heterocycles. The Morgan fingerprint density at radius 3 is 2.96 bits per heavy atom. The number of carbonyl (C=O) groups is 1. The van der Waals surface area contributed by atoms with E-state index in [-0.39, 0.29) is 18.4 Å². The summed E-state index contributed by atoms with van der Waals surface area (Å²) in [6, 6.07) is 8.06. The van der Waals surface area contributed by atoms with E-state index in [1.54, 1.807) is 16.2 Å². The van der Waals surface area contributed by atoms with Crippen molar-refractivity contribution >= 4 is 27.5 Å².